The van der Waals surface area contributed by atoms with Gasteiger partial charge in [0.2, 0.25) is 0 Å². The first kappa shape index (κ1) is 11.3. The van der Waals surface area contributed by atoms with Gasteiger partial charge in [-0.05, 0) is 25.1 Å². The van der Waals surface area contributed by atoms with Crippen molar-refractivity contribution in [2.75, 3.05) is 24.6 Å². The van der Waals surface area contributed by atoms with Gasteiger partial charge in [-0.2, -0.15) is 11.8 Å². The van der Waals surface area contributed by atoms with Crippen molar-refractivity contribution in [3.8, 4) is 0 Å². The number of hydrogen-bond donors (Lipinski definition) is 1. The van der Waals surface area contributed by atoms with Crippen LogP contribution in [-0.2, 0) is 0 Å². The lowest BCUT2D eigenvalue weighted by atomic mass is 10.3. The summed E-state index contributed by atoms with van der Waals surface area (Å²) in [6.45, 7) is 6.85. The molecule has 2 heteroatoms. The largest absolute Gasteiger partial charge is 0.316 e. The van der Waals surface area contributed by atoms with Crippen LogP contribution < -0.4 is 5.32 Å². The van der Waals surface area contributed by atoms with Crippen LogP contribution in [0, 0.1) is 0 Å². The van der Waals surface area contributed by atoms with Gasteiger partial charge < -0.3 is 5.32 Å². The third kappa shape index (κ3) is 10.3. The standard InChI is InChI=1S/C9H21NS/c1-3-5-6-10-7-9-11-8-4-2/h10H,3-9H2,1-2H3. The van der Waals surface area contributed by atoms with Crippen LogP contribution in [0.25, 0.3) is 0 Å². The van der Waals surface area contributed by atoms with Crippen molar-refractivity contribution >= 4 is 11.8 Å². The van der Waals surface area contributed by atoms with Crippen molar-refractivity contribution in [1.82, 2.24) is 5.32 Å². The minimum absolute atomic E-state index is 1.19. The third-order valence-electron chi connectivity index (χ3n) is 1.48. The Bertz CT molecular complexity index is 58.6. The second kappa shape index (κ2) is 10.3. The monoisotopic (exact) mass is 175 g/mol. The summed E-state index contributed by atoms with van der Waals surface area (Å²) in [7, 11) is 0. The number of rotatable bonds is 8. The Balaban J connectivity index is 2.69. The van der Waals surface area contributed by atoms with E-state index in [0.29, 0.717) is 0 Å². The Morgan fingerprint density at radius 3 is 2.45 bits per heavy atom. The van der Waals surface area contributed by atoms with Gasteiger partial charge in [-0.1, -0.05) is 20.3 Å². The van der Waals surface area contributed by atoms with E-state index in [1.165, 1.54) is 43.9 Å². The number of nitrogens with one attached hydrogen (secondary N) is 1. The third-order valence-corrected chi connectivity index (χ3v) is 2.67. The lowest BCUT2D eigenvalue weighted by molar-refractivity contribution is 0.666. The van der Waals surface area contributed by atoms with Gasteiger partial charge >= 0.3 is 0 Å². The van der Waals surface area contributed by atoms with E-state index >= 15 is 0 Å². The van der Waals surface area contributed by atoms with Gasteiger partial charge in [0.15, 0.2) is 0 Å². The average Bonchev–Trinajstić information content (AvgIpc) is 2.03. The van der Waals surface area contributed by atoms with Crippen LogP contribution >= 0.6 is 11.8 Å². The first-order valence-corrected chi connectivity index (χ1v) is 5.85. The molecule has 0 bridgehead atoms. The Hall–Kier alpha value is 0.310. The molecule has 0 rings (SSSR count). The van der Waals surface area contributed by atoms with Crippen molar-refractivity contribution in [2.24, 2.45) is 0 Å². The molecule has 0 fully saturated rings. The Kier molecular flexibility index (Phi) is 10.6. The maximum Gasteiger partial charge on any atom is 0.00580 e. The van der Waals surface area contributed by atoms with Crippen molar-refractivity contribution < 1.29 is 0 Å². The van der Waals surface area contributed by atoms with Crippen molar-refractivity contribution in [1.29, 1.82) is 0 Å². The van der Waals surface area contributed by atoms with Gasteiger partial charge in [-0.15, -0.1) is 0 Å². The average molecular weight is 175 g/mol. The fraction of sp³-hybridized carbons (Fsp3) is 1.00. The summed E-state index contributed by atoms with van der Waals surface area (Å²) >= 11 is 2.05. The highest BCUT2D eigenvalue weighted by molar-refractivity contribution is 7.99. The molecule has 0 aromatic heterocycles. The van der Waals surface area contributed by atoms with Crippen LogP contribution in [0.4, 0.5) is 0 Å². The molecule has 0 aliphatic heterocycles. The first-order chi connectivity index (χ1) is 5.41. The van der Waals surface area contributed by atoms with E-state index in [4.69, 9.17) is 0 Å². The molecule has 0 aromatic rings. The van der Waals surface area contributed by atoms with Crippen LogP contribution in [0.15, 0.2) is 0 Å². The molecule has 0 amide bonds. The van der Waals surface area contributed by atoms with Crippen LogP contribution in [0.2, 0.25) is 0 Å². The fourth-order valence-electron chi connectivity index (χ4n) is 0.818. The quantitative estimate of drug-likeness (QED) is 0.569. The maximum absolute atomic E-state index is 3.42. The zero-order chi connectivity index (χ0) is 8.36. The van der Waals surface area contributed by atoms with E-state index < -0.39 is 0 Å². The normalized spacial score (nSPS) is 10.4. The second-order valence-corrected chi connectivity index (χ2v) is 3.94. The molecule has 11 heavy (non-hydrogen) atoms. The Morgan fingerprint density at radius 1 is 1.00 bits per heavy atom. The molecule has 68 valence electrons. The van der Waals surface area contributed by atoms with Crippen LogP contribution in [0.3, 0.4) is 0 Å². The minimum Gasteiger partial charge on any atom is -0.316 e. The Morgan fingerprint density at radius 2 is 1.82 bits per heavy atom. The van der Waals surface area contributed by atoms with E-state index in [1.54, 1.807) is 0 Å². The lowest BCUT2D eigenvalue weighted by Crippen LogP contribution is -2.18. The number of hydrogen-bond acceptors (Lipinski definition) is 2. The lowest BCUT2D eigenvalue weighted by Gasteiger charge is -2.02. The molecule has 0 atom stereocenters. The summed E-state index contributed by atoms with van der Waals surface area (Å²) in [5.41, 5.74) is 0. The molecule has 0 spiro atoms. The molecule has 0 aliphatic rings. The maximum atomic E-state index is 3.42. The Labute approximate surface area is 75.3 Å². The van der Waals surface area contributed by atoms with Crippen LogP contribution in [-0.4, -0.2) is 24.6 Å². The van der Waals surface area contributed by atoms with Gasteiger partial charge in [0.25, 0.3) is 0 Å². The van der Waals surface area contributed by atoms with E-state index in [9.17, 15) is 0 Å². The molecule has 0 heterocycles. The van der Waals surface area contributed by atoms with Crippen LogP contribution in [0.1, 0.15) is 33.1 Å². The molecule has 0 saturated carbocycles. The molecule has 0 radical (unpaired) electrons. The van der Waals surface area contributed by atoms with E-state index in [-0.39, 0.29) is 0 Å². The zero-order valence-electron chi connectivity index (χ0n) is 7.86. The smallest absolute Gasteiger partial charge is 0.00580 e. The summed E-state index contributed by atoms with van der Waals surface area (Å²) < 4.78 is 0. The van der Waals surface area contributed by atoms with Crippen molar-refractivity contribution in [3.63, 3.8) is 0 Å². The zero-order valence-corrected chi connectivity index (χ0v) is 8.67. The van der Waals surface area contributed by atoms with Gasteiger partial charge in [-0.25, -0.2) is 0 Å². The summed E-state index contributed by atoms with van der Waals surface area (Å²) in [6, 6.07) is 0. The highest BCUT2D eigenvalue weighted by Crippen LogP contribution is 1.99. The summed E-state index contributed by atoms with van der Waals surface area (Å²) in [6.07, 6.45) is 3.92. The highest BCUT2D eigenvalue weighted by Gasteiger charge is 1.87. The summed E-state index contributed by atoms with van der Waals surface area (Å²) in [4.78, 5) is 0. The molecule has 0 saturated heterocycles. The number of thioether (sulfide) groups is 1. The van der Waals surface area contributed by atoms with E-state index in [0.717, 1.165) is 0 Å². The molecule has 0 aromatic carbocycles. The molecule has 0 aliphatic carbocycles. The summed E-state index contributed by atoms with van der Waals surface area (Å²) in [5, 5.41) is 3.42. The predicted octanol–water partition coefficient (Wildman–Crippen LogP) is 2.52. The fourth-order valence-corrected chi connectivity index (χ4v) is 1.60. The molecule has 1 N–H and O–H groups in total. The highest BCUT2D eigenvalue weighted by atomic mass is 32.2. The molecule has 1 nitrogen and oxygen atoms in total. The van der Waals surface area contributed by atoms with Crippen LogP contribution in [0.5, 0.6) is 0 Å². The van der Waals surface area contributed by atoms with Crippen molar-refractivity contribution in [2.45, 2.75) is 33.1 Å². The van der Waals surface area contributed by atoms with Gasteiger partial charge in [0.05, 0.1) is 0 Å². The first-order valence-electron chi connectivity index (χ1n) is 4.70. The van der Waals surface area contributed by atoms with E-state index in [2.05, 4.69) is 19.2 Å². The van der Waals surface area contributed by atoms with E-state index in [1.807, 2.05) is 11.8 Å². The SMILES string of the molecule is CCCCNCCSCCC. The number of unbranched alkanes of at least 4 members (excludes halogenated alkanes) is 1. The van der Waals surface area contributed by atoms with Crippen molar-refractivity contribution in [3.05, 3.63) is 0 Å². The summed E-state index contributed by atoms with van der Waals surface area (Å²) in [5.74, 6) is 2.59. The van der Waals surface area contributed by atoms with Gasteiger partial charge in [0, 0.05) is 12.3 Å². The molecular formula is C9H21NS. The molecular weight excluding hydrogens is 154 g/mol. The van der Waals surface area contributed by atoms with Gasteiger partial charge in [-0.3, -0.25) is 0 Å². The molecule has 0 unspecified atom stereocenters. The topological polar surface area (TPSA) is 12.0 Å². The minimum atomic E-state index is 1.19. The second-order valence-electron chi connectivity index (χ2n) is 2.72. The predicted molar refractivity (Wildman–Crippen MR) is 55.4 cm³/mol. The van der Waals surface area contributed by atoms with Gasteiger partial charge in [0.1, 0.15) is 0 Å².